The van der Waals surface area contributed by atoms with Crippen LogP contribution in [0.15, 0.2) is 24.3 Å². The van der Waals surface area contributed by atoms with Gasteiger partial charge >= 0.3 is 12.1 Å². The highest BCUT2D eigenvalue weighted by atomic mass is 19.4. The molecule has 5 heteroatoms. The van der Waals surface area contributed by atoms with Crippen LogP contribution in [-0.2, 0) is 10.9 Å². The van der Waals surface area contributed by atoms with E-state index >= 15 is 0 Å². The first-order valence-corrected chi connectivity index (χ1v) is 5.69. The number of alkyl halides is 3. The van der Waals surface area contributed by atoms with Crippen molar-refractivity contribution >= 4 is 5.97 Å². The van der Waals surface area contributed by atoms with Crippen LogP contribution in [0.2, 0.25) is 0 Å². The van der Waals surface area contributed by atoms with E-state index in [1.54, 1.807) is 13.8 Å². The van der Waals surface area contributed by atoms with Crippen molar-refractivity contribution in [2.24, 2.45) is 0 Å². The number of ether oxygens (including phenoxy) is 1. The summed E-state index contributed by atoms with van der Waals surface area (Å²) in [7, 11) is 0. The number of hydrogen-bond donors (Lipinski definition) is 0. The molecule has 0 heterocycles. The van der Waals surface area contributed by atoms with Gasteiger partial charge in [0.05, 0.1) is 11.1 Å². The first-order chi connectivity index (χ1) is 8.88. The Morgan fingerprint density at radius 2 is 2.11 bits per heavy atom. The van der Waals surface area contributed by atoms with Crippen molar-refractivity contribution < 1.29 is 22.7 Å². The quantitative estimate of drug-likeness (QED) is 0.619. The van der Waals surface area contributed by atoms with Gasteiger partial charge in [-0.05, 0) is 31.5 Å². The minimum atomic E-state index is -4.48. The SMILES string of the molecule is CC#CC(CC)OC(=O)c1cccc(C(F)(F)F)c1. The molecule has 0 bridgehead atoms. The zero-order valence-electron chi connectivity index (χ0n) is 10.5. The molecule has 1 rings (SSSR count). The van der Waals surface area contributed by atoms with Crippen molar-refractivity contribution in [2.75, 3.05) is 0 Å². The molecule has 0 aromatic heterocycles. The largest absolute Gasteiger partial charge is 0.446 e. The van der Waals surface area contributed by atoms with Gasteiger partial charge in [-0.1, -0.05) is 18.9 Å². The Hall–Kier alpha value is -1.96. The Morgan fingerprint density at radius 3 is 2.63 bits per heavy atom. The van der Waals surface area contributed by atoms with E-state index in [2.05, 4.69) is 11.8 Å². The highest BCUT2D eigenvalue weighted by Gasteiger charge is 2.31. The Balaban J connectivity index is 2.90. The maximum atomic E-state index is 12.5. The third-order valence-corrected chi connectivity index (χ3v) is 2.35. The molecule has 0 aliphatic rings. The highest BCUT2D eigenvalue weighted by molar-refractivity contribution is 5.89. The van der Waals surface area contributed by atoms with E-state index in [4.69, 9.17) is 4.74 Å². The van der Waals surface area contributed by atoms with E-state index in [1.165, 1.54) is 12.1 Å². The van der Waals surface area contributed by atoms with E-state index in [9.17, 15) is 18.0 Å². The highest BCUT2D eigenvalue weighted by Crippen LogP contribution is 2.29. The summed E-state index contributed by atoms with van der Waals surface area (Å²) >= 11 is 0. The summed E-state index contributed by atoms with van der Waals surface area (Å²) in [6.45, 7) is 3.37. The molecule has 0 spiro atoms. The van der Waals surface area contributed by atoms with Gasteiger partial charge in [0.2, 0.25) is 0 Å². The number of esters is 1. The summed E-state index contributed by atoms with van der Waals surface area (Å²) in [5, 5.41) is 0. The molecule has 1 unspecified atom stereocenters. The van der Waals surface area contributed by atoms with E-state index in [1.807, 2.05) is 0 Å². The molecule has 0 radical (unpaired) electrons. The lowest BCUT2D eigenvalue weighted by Gasteiger charge is -2.11. The molecule has 0 saturated carbocycles. The van der Waals surface area contributed by atoms with Crippen LogP contribution < -0.4 is 0 Å². The molecule has 0 saturated heterocycles. The second kappa shape index (κ2) is 6.28. The second-order valence-corrected chi connectivity index (χ2v) is 3.78. The van der Waals surface area contributed by atoms with Gasteiger partial charge in [-0.2, -0.15) is 13.2 Å². The smallest absolute Gasteiger partial charge is 0.416 e. The van der Waals surface area contributed by atoms with Gasteiger partial charge in [0, 0.05) is 0 Å². The van der Waals surface area contributed by atoms with Gasteiger partial charge in [0.1, 0.15) is 0 Å². The normalized spacial score (nSPS) is 12.3. The Bertz CT molecular complexity index is 509. The van der Waals surface area contributed by atoms with Crippen LogP contribution in [0, 0.1) is 11.8 Å². The van der Waals surface area contributed by atoms with Gasteiger partial charge < -0.3 is 4.74 Å². The predicted molar refractivity (Wildman–Crippen MR) is 64.4 cm³/mol. The average molecular weight is 270 g/mol. The van der Waals surface area contributed by atoms with E-state index < -0.39 is 23.8 Å². The third kappa shape index (κ3) is 4.32. The lowest BCUT2D eigenvalue weighted by molar-refractivity contribution is -0.137. The van der Waals surface area contributed by atoms with Crippen molar-refractivity contribution in [2.45, 2.75) is 32.5 Å². The van der Waals surface area contributed by atoms with Gasteiger partial charge in [0.25, 0.3) is 0 Å². The summed E-state index contributed by atoms with van der Waals surface area (Å²) in [5.41, 5.74) is -1.01. The first-order valence-electron chi connectivity index (χ1n) is 5.69. The number of carbonyl (C=O) groups excluding carboxylic acids is 1. The van der Waals surface area contributed by atoms with Crippen molar-refractivity contribution in [3.8, 4) is 11.8 Å². The summed E-state index contributed by atoms with van der Waals surface area (Å²) < 4.78 is 42.5. The van der Waals surface area contributed by atoms with Crippen LogP contribution in [0.25, 0.3) is 0 Å². The lowest BCUT2D eigenvalue weighted by Crippen LogP contribution is -2.16. The van der Waals surface area contributed by atoms with Gasteiger partial charge in [-0.25, -0.2) is 4.79 Å². The molecule has 1 aromatic carbocycles. The predicted octanol–water partition coefficient (Wildman–Crippen LogP) is 3.66. The van der Waals surface area contributed by atoms with Crippen LogP contribution in [0.4, 0.5) is 13.2 Å². The molecule has 102 valence electrons. The first kappa shape index (κ1) is 15.1. The standard InChI is InChI=1S/C14H13F3O2/c1-3-6-12(4-2)19-13(18)10-7-5-8-11(9-10)14(15,16)17/h5,7-9,12H,4H2,1-2H3. The van der Waals surface area contributed by atoms with Crippen molar-refractivity contribution in [3.63, 3.8) is 0 Å². The van der Waals surface area contributed by atoms with E-state index in [-0.39, 0.29) is 5.56 Å². The average Bonchev–Trinajstić information content (AvgIpc) is 2.37. The molecule has 19 heavy (non-hydrogen) atoms. The van der Waals surface area contributed by atoms with Crippen molar-refractivity contribution in [1.29, 1.82) is 0 Å². The zero-order valence-corrected chi connectivity index (χ0v) is 10.5. The molecular formula is C14H13F3O2. The van der Waals surface area contributed by atoms with Crippen molar-refractivity contribution in [1.82, 2.24) is 0 Å². The molecule has 0 aliphatic heterocycles. The van der Waals surface area contributed by atoms with Crippen LogP contribution in [0.5, 0.6) is 0 Å². The van der Waals surface area contributed by atoms with Crippen LogP contribution >= 0.6 is 0 Å². The molecule has 0 N–H and O–H groups in total. The van der Waals surface area contributed by atoms with Gasteiger partial charge in [0.15, 0.2) is 6.10 Å². The Labute approximate surface area is 109 Å². The maximum absolute atomic E-state index is 12.5. The molecule has 2 nitrogen and oxygen atoms in total. The summed E-state index contributed by atoms with van der Waals surface area (Å²) in [5.74, 6) is 4.46. The fourth-order valence-corrected chi connectivity index (χ4v) is 1.40. The molecule has 1 aromatic rings. The minimum absolute atomic E-state index is 0.133. The number of hydrogen-bond acceptors (Lipinski definition) is 2. The Morgan fingerprint density at radius 1 is 1.42 bits per heavy atom. The second-order valence-electron chi connectivity index (χ2n) is 3.78. The number of halogens is 3. The summed E-state index contributed by atoms with van der Waals surface area (Å²) in [4.78, 5) is 11.7. The van der Waals surface area contributed by atoms with E-state index in [0.717, 1.165) is 12.1 Å². The molecule has 0 amide bonds. The van der Waals surface area contributed by atoms with E-state index in [0.29, 0.717) is 6.42 Å². The fourth-order valence-electron chi connectivity index (χ4n) is 1.40. The third-order valence-electron chi connectivity index (χ3n) is 2.35. The Kier molecular flexibility index (Phi) is 4.99. The lowest BCUT2D eigenvalue weighted by atomic mass is 10.1. The number of carbonyl (C=O) groups is 1. The zero-order chi connectivity index (χ0) is 14.5. The topological polar surface area (TPSA) is 26.3 Å². The maximum Gasteiger partial charge on any atom is 0.416 e. The van der Waals surface area contributed by atoms with Gasteiger partial charge in [-0.15, -0.1) is 5.92 Å². The summed E-state index contributed by atoms with van der Waals surface area (Å²) in [6.07, 6.45) is -4.61. The van der Waals surface area contributed by atoms with Crippen LogP contribution in [-0.4, -0.2) is 12.1 Å². The number of benzene rings is 1. The van der Waals surface area contributed by atoms with Crippen LogP contribution in [0.1, 0.15) is 36.2 Å². The summed E-state index contributed by atoms with van der Waals surface area (Å²) in [6, 6.07) is 4.13. The monoisotopic (exact) mass is 270 g/mol. The minimum Gasteiger partial charge on any atom is -0.446 e. The molecule has 0 aliphatic carbocycles. The molecule has 1 atom stereocenters. The fraction of sp³-hybridized carbons (Fsp3) is 0.357. The number of rotatable bonds is 3. The molecular weight excluding hydrogens is 257 g/mol. The van der Waals surface area contributed by atoms with Gasteiger partial charge in [-0.3, -0.25) is 0 Å². The van der Waals surface area contributed by atoms with Crippen molar-refractivity contribution in [3.05, 3.63) is 35.4 Å². The molecule has 0 fully saturated rings. The van der Waals surface area contributed by atoms with Crippen LogP contribution in [0.3, 0.4) is 0 Å².